The molecule has 0 saturated carbocycles. The minimum Gasteiger partial charge on any atom is -0.371 e. The first-order chi connectivity index (χ1) is 41.5. The molecule has 0 bridgehead atoms. The van der Waals surface area contributed by atoms with E-state index >= 15 is 0 Å². The quantitative estimate of drug-likeness (QED) is 0.0925. The van der Waals surface area contributed by atoms with Crippen molar-refractivity contribution in [3.8, 4) is 0 Å². The van der Waals surface area contributed by atoms with Crippen LogP contribution in [0.25, 0.3) is 22.3 Å². The van der Waals surface area contributed by atoms with Gasteiger partial charge in [0, 0.05) is 23.7 Å². The minimum atomic E-state index is -1.87. The van der Waals surface area contributed by atoms with Crippen LogP contribution in [0.1, 0.15) is 154 Å². The van der Waals surface area contributed by atoms with Crippen LogP contribution in [-0.2, 0) is 35.5 Å². The van der Waals surface area contributed by atoms with Crippen molar-refractivity contribution in [3.63, 3.8) is 0 Å². The van der Waals surface area contributed by atoms with Crippen LogP contribution in [0.3, 0.4) is 0 Å². The lowest BCUT2D eigenvalue weighted by Crippen LogP contribution is -2.45. The first kappa shape index (κ1) is 63.9. The summed E-state index contributed by atoms with van der Waals surface area (Å²) in [4.78, 5) is 0. The first-order valence-corrected chi connectivity index (χ1v) is 36.6. The summed E-state index contributed by atoms with van der Waals surface area (Å²) in [5.41, 5.74) is 24.2. The molecule has 87 heavy (non-hydrogen) atoms. The van der Waals surface area contributed by atoms with Crippen molar-refractivity contribution in [2.45, 2.75) is 171 Å². The van der Waals surface area contributed by atoms with Gasteiger partial charge in [0.25, 0.3) is 0 Å². The maximum atomic E-state index is 6.04. The van der Waals surface area contributed by atoms with Gasteiger partial charge in [0.05, 0.1) is 32.5 Å². The van der Waals surface area contributed by atoms with E-state index in [0.29, 0.717) is 83.5 Å². The molecule has 0 radical (unpaired) electrons. The Balaban J connectivity index is 0.000000165. The Labute approximate surface area is 528 Å². The highest BCUT2D eigenvalue weighted by molar-refractivity contribution is 6.81. The second-order valence-electron chi connectivity index (χ2n) is 29.7. The van der Waals surface area contributed by atoms with Gasteiger partial charge in [0.15, 0.2) is 0 Å². The molecule has 0 aliphatic heterocycles. The highest BCUT2D eigenvalue weighted by Crippen LogP contribution is 2.63. The number of ether oxygens (including phenoxy) is 2. The van der Waals surface area contributed by atoms with Gasteiger partial charge in [0.2, 0.25) is 0 Å². The van der Waals surface area contributed by atoms with Gasteiger partial charge >= 0.3 is 0 Å². The molecular weight excluding hydrogens is 1070 g/mol. The van der Waals surface area contributed by atoms with Crippen LogP contribution in [0.4, 0.5) is 0 Å². The van der Waals surface area contributed by atoms with Crippen molar-refractivity contribution in [1.82, 2.24) is 0 Å². The van der Waals surface area contributed by atoms with Gasteiger partial charge in [-0.1, -0.05) is 271 Å². The minimum absolute atomic E-state index is 0.0885. The molecule has 8 aliphatic carbocycles. The lowest BCUT2D eigenvalue weighted by atomic mass is 9.80. The Morgan fingerprint density at radius 1 is 0.437 bits per heavy atom. The molecule has 8 aliphatic rings. The van der Waals surface area contributed by atoms with Crippen molar-refractivity contribution in [2.24, 2.45) is 59.2 Å². The summed E-state index contributed by atoms with van der Waals surface area (Å²) >= 11 is 0. The molecule has 0 N–H and O–H groups in total. The van der Waals surface area contributed by atoms with E-state index in [2.05, 4.69) is 304 Å². The first-order valence-electron chi connectivity index (χ1n) is 33.5. The molecule has 10 unspecified atom stereocenters. The molecule has 12 rings (SSSR count). The van der Waals surface area contributed by atoms with Gasteiger partial charge in [0.1, 0.15) is 0 Å². The molecule has 4 aromatic carbocycles. The van der Waals surface area contributed by atoms with Crippen LogP contribution < -0.4 is 0 Å². The summed E-state index contributed by atoms with van der Waals surface area (Å²) in [5, 5.41) is 0. The molecule has 0 amide bonds. The summed E-state index contributed by atoms with van der Waals surface area (Å²) < 4.78 is 11.9. The summed E-state index contributed by atoms with van der Waals surface area (Å²) in [6.07, 6.45) is 43.4. The zero-order valence-electron chi connectivity index (χ0n) is 56.0. The van der Waals surface area contributed by atoms with Crippen molar-refractivity contribution in [1.29, 1.82) is 0 Å². The summed E-state index contributed by atoms with van der Waals surface area (Å²) in [6, 6.07) is 36.5. The van der Waals surface area contributed by atoms with Gasteiger partial charge < -0.3 is 9.47 Å². The summed E-state index contributed by atoms with van der Waals surface area (Å²) in [5.74, 6) is 5.72. The summed E-state index contributed by atoms with van der Waals surface area (Å²) in [6.45, 7) is 38.0. The normalized spacial score (nSPS) is 26.0. The number of allylic oxidation sites excluding steroid dienone is 24. The van der Waals surface area contributed by atoms with Gasteiger partial charge in [-0.3, -0.25) is 0 Å². The Morgan fingerprint density at radius 3 is 1.23 bits per heavy atom. The van der Waals surface area contributed by atoms with Crippen molar-refractivity contribution < 1.29 is 9.47 Å². The van der Waals surface area contributed by atoms with E-state index in [4.69, 9.17) is 9.47 Å². The number of benzene rings is 4. The second kappa shape index (κ2) is 26.9. The maximum Gasteiger partial charge on any atom is 0.0724 e. The number of fused-ring (bicyclic) bond motifs is 4. The molecule has 0 spiro atoms. The Morgan fingerprint density at radius 2 is 0.816 bits per heavy atom. The highest BCUT2D eigenvalue weighted by Gasteiger charge is 2.55. The molecule has 0 saturated heterocycles. The number of rotatable bonds is 14. The van der Waals surface area contributed by atoms with Crippen molar-refractivity contribution in [3.05, 3.63) is 261 Å². The van der Waals surface area contributed by atoms with Crippen LogP contribution in [0, 0.1) is 59.2 Å². The van der Waals surface area contributed by atoms with Crippen LogP contribution in [0.5, 0.6) is 0 Å². The smallest absolute Gasteiger partial charge is 0.0724 e. The third kappa shape index (κ3) is 14.7. The van der Waals surface area contributed by atoms with Crippen LogP contribution in [0.2, 0.25) is 24.2 Å². The van der Waals surface area contributed by atoms with Gasteiger partial charge in [-0.25, -0.2) is 0 Å². The monoisotopic (exact) mass is 1170 g/mol. The fourth-order valence-corrected chi connectivity index (χ4v) is 21.3. The average molecular weight is 1170 g/mol. The number of aryl methyl sites for hydroxylation is 2. The zero-order chi connectivity index (χ0) is 62.0. The maximum absolute atomic E-state index is 6.04. The molecule has 4 aromatic rings. The molecule has 0 aromatic heterocycles. The zero-order valence-corrected chi connectivity index (χ0v) is 57.0. The molecule has 2 nitrogen and oxygen atoms in total. The Hall–Kier alpha value is -6.10. The number of hydrogen-bond acceptors (Lipinski definition) is 2. The fraction of sp³-hybridized carbons (Fsp3) is 0.429. The van der Waals surface area contributed by atoms with E-state index in [-0.39, 0.29) is 11.2 Å². The van der Waals surface area contributed by atoms with Crippen LogP contribution in [0.15, 0.2) is 217 Å². The SMILES string of the molecule is CC1=CC2C(c3ccc(COC(C)(C)C)cc3)=CC=CC2C1.CCc1ccc(C2=CC=CC3C2C=C(C(C)C)C3[Si](C)(C)C2C(C)=CC3C(c4ccc(COC(C)(C)C)cc4)=CC=CC32)cc1.CCc1ccc(C2=CC=CC3CC(C(C)C)=CC23)cc1. The Bertz CT molecular complexity index is 3460. The molecule has 10 atom stereocenters. The fourth-order valence-electron chi connectivity index (χ4n) is 15.8. The number of hydrogen-bond donors (Lipinski definition) is 0. The van der Waals surface area contributed by atoms with E-state index in [1.54, 1.807) is 16.7 Å². The third-order valence-corrected chi connectivity index (χ3v) is 25.1. The molecular formula is C84H104O2Si. The highest BCUT2D eigenvalue weighted by atomic mass is 28.3. The van der Waals surface area contributed by atoms with E-state index < -0.39 is 8.07 Å². The van der Waals surface area contributed by atoms with E-state index in [1.807, 2.05) is 0 Å². The standard InChI is InChI=1S/C43H54OSi.C21H26O.C20H24/c1-10-30-17-21-32(22-18-30)35-14-12-16-37-40(35)26-38(28(2)3)42(37)45(8,9)41-29(4)25-39-34(13-11-15-36(39)41)33-23-19-31(20-24-33)27-44-43(5,6)7;1-15-12-18-6-5-7-19(20(18)13-15)17-10-8-16(9-11-17)14-22-21(2,3)4;1-4-15-8-10-16(11-9-15)19-7-5-6-17-12-18(14(2)3)13-20(17)19/h11-26,28,36-37,39-42H,10,27H2,1-9H3;5-11,13,18,20H,12,14H2,1-4H3;5-11,13-14,17,20H,4,12H2,1-3H3. The van der Waals surface area contributed by atoms with Crippen LogP contribution in [-0.4, -0.2) is 19.3 Å². The topological polar surface area (TPSA) is 18.5 Å². The van der Waals surface area contributed by atoms with E-state index in [9.17, 15) is 0 Å². The summed E-state index contributed by atoms with van der Waals surface area (Å²) in [7, 11) is -1.87. The van der Waals surface area contributed by atoms with Crippen LogP contribution >= 0.6 is 0 Å². The van der Waals surface area contributed by atoms with Gasteiger partial charge in [-0.05, 0) is 194 Å². The van der Waals surface area contributed by atoms with Crippen molar-refractivity contribution >= 4 is 30.4 Å². The molecule has 3 heteroatoms. The van der Waals surface area contributed by atoms with Gasteiger partial charge in [-0.15, -0.1) is 0 Å². The third-order valence-electron chi connectivity index (χ3n) is 20.3. The molecule has 0 heterocycles. The Kier molecular flexibility index (Phi) is 19.8. The lowest BCUT2D eigenvalue weighted by molar-refractivity contribution is -0.0152. The largest absolute Gasteiger partial charge is 0.371 e. The van der Waals surface area contributed by atoms with Crippen molar-refractivity contribution in [2.75, 3.05) is 0 Å². The average Bonchev–Trinajstić information content (AvgIpc) is 1.60. The predicted octanol–water partition coefficient (Wildman–Crippen LogP) is 22.6. The predicted molar refractivity (Wildman–Crippen MR) is 378 cm³/mol. The second-order valence-corrected chi connectivity index (χ2v) is 34.6. The molecule has 0 fully saturated rings. The van der Waals surface area contributed by atoms with E-state index in [1.165, 1.54) is 85.2 Å². The molecule has 456 valence electrons. The van der Waals surface area contributed by atoms with Gasteiger partial charge in [-0.2, -0.15) is 0 Å². The lowest BCUT2D eigenvalue weighted by Gasteiger charge is -2.46. The van der Waals surface area contributed by atoms with E-state index in [0.717, 1.165) is 12.8 Å².